The van der Waals surface area contributed by atoms with E-state index in [4.69, 9.17) is 16.3 Å². The molecule has 0 amide bonds. The third-order valence-corrected chi connectivity index (χ3v) is 7.16. The fourth-order valence-electron chi connectivity index (χ4n) is 3.77. The molecule has 5 rings (SSSR count). The number of benzene rings is 1. The van der Waals surface area contributed by atoms with Crippen LogP contribution in [0.2, 0.25) is 5.02 Å². The zero-order valence-electron chi connectivity index (χ0n) is 18.5. The Labute approximate surface area is 205 Å². The van der Waals surface area contributed by atoms with Crippen molar-refractivity contribution in [1.29, 1.82) is 0 Å². The lowest BCUT2D eigenvalue weighted by Crippen LogP contribution is -2.44. The van der Waals surface area contributed by atoms with Gasteiger partial charge in [0, 0.05) is 18.3 Å². The Morgan fingerprint density at radius 1 is 1.23 bits per heavy atom. The molecule has 1 aliphatic heterocycles. The van der Waals surface area contributed by atoms with Gasteiger partial charge in [0.05, 0.1) is 16.4 Å². The van der Waals surface area contributed by atoms with Crippen LogP contribution in [0.15, 0.2) is 47.6 Å². The van der Waals surface area contributed by atoms with Crippen molar-refractivity contribution in [3.63, 3.8) is 0 Å². The first-order valence-corrected chi connectivity index (χ1v) is 12.7. The van der Waals surface area contributed by atoms with E-state index in [1.807, 2.05) is 0 Å². The second kappa shape index (κ2) is 9.36. The number of H-pyrrole nitrogens is 1. The van der Waals surface area contributed by atoms with Gasteiger partial charge in [-0.25, -0.2) is 14.4 Å². The van der Waals surface area contributed by atoms with E-state index in [0.29, 0.717) is 35.3 Å². The number of halogens is 2. The molecule has 35 heavy (non-hydrogen) atoms. The summed E-state index contributed by atoms with van der Waals surface area (Å²) in [5, 5.41) is 10.6. The number of nitrogens with zero attached hydrogens (tertiary/aromatic N) is 4. The highest BCUT2D eigenvalue weighted by atomic mass is 35.5. The number of hydrogen-bond donors (Lipinski definition) is 3. The number of aryl methyl sites for hydroxylation is 1. The maximum absolute atomic E-state index is 14.4. The van der Waals surface area contributed by atoms with Crippen molar-refractivity contribution >= 4 is 38.3 Å². The van der Waals surface area contributed by atoms with Gasteiger partial charge in [-0.2, -0.15) is 18.5 Å². The number of alkyl halides is 1. The fourth-order valence-corrected chi connectivity index (χ4v) is 5.08. The van der Waals surface area contributed by atoms with E-state index in [0.717, 1.165) is 0 Å². The van der Waals surface area contributed by atoms with Gasteiger partial charge in [0.1, 0.15) is 17.7 Å². The summed E-state index contributed by atoms with van der Waals surface area (Å²) in [7, 11) is -3.92. The lowest BCUT2D eigenvalue weighted by Gasteiger charge is -2.27. The second-order valence-electron chi connectivity index (χ2n) is 8.02. The molecule has 1 saturated heterocycles. The van der Waals surface area contributed by atoms with Crippen molar-refractivity contribution in [2.24, 2.45) is 0 Å². The zero-order valence-corrected chi connectivity index (χ0v) is 20.1. The number of rotatable bonds is 6. The van der Waals surface area contributed by atoms with Crippen molar-refractivity contribution < 1.29 is 17.5 Å². The molecule has 1 fully saturated rings. The summed E-state index contributed by atoms with van der Waals surface area (Å²) in [4.78, 5) is 12.9. The molecule has 13 heteroatoms. The van der Waals surface area contributed by atoms with Gasteiger partial charge in [-0.1, -0.05) is 17.7 Å². The van der Waals surface area contributed by atoms with Gasteiger partial charge >= 0.3 is 0 Å². The van der Waals surface area contributed by atoms with E-state index < -0.39 is 22.3 Å². The van der Waals surface area contributed by atoms with Crippen molar-refractivity contribution in [1.82, 2.24) is 30.5 Å². The first kappa shape index (κ1) is 23.4. The molecular weight excluding hydrogens is 497 g/mol. The summed E-state index contributed by atoms with van der Waals surface area (Å²) in [6.45, 7) is 2.63. The summed E-state index contributed by atoms with van der Waals surface area (Å²) in [5.74, 6) is 0.489. The number of pyridine rings is 1. The normalized spacial score (nSPS) is 18.5. The molecule has 0 saturated carbocycles. The topological polar surface area (TPSA) is 135 Å². The summed E-state index contributed by atoms with van der Waals surface area (Å²) >= 11 is 6.40. The molecule has 0 radical (unpaired) electrons. The first-order chi connectivity index (χ1) is 16.8. The van der Waals surface area contributed by atoms with E-state index in [1.54, 1.807) is 25.1 Å². The van der Waals surface area contributed by atoms with Gasteiger partial charge in [-0.15, -0.1) is 0 Å². The van der Waals surface area contributed by atoms with Crippen LogP contribution in [-0.4, -0.2) is 58.9 Å². The van der Waals surface area contributed by atoms with Crippen LogP contribution < -0.4 is 14.8 Å². The summed E-state index contributed by atoms with van der Waals surface area (Å²) in [6.07, 6.45) is 0.0581. The van der Waals surface area contributed by atoms with Crippen molar-refractivity contribution in [3.05, 3.63) is 53.3 Å². The number of aromatic nitrogens is 5. The fraction of sp³-hybridized carbons (Fsp3) is 0.273. The second-order valence-corrected chi connectivity index (χ2v) is 10.1. The van der Waals surface area contributed by atoms with E-state index in [1.165, 1.54) is 24.4 Å². The zero-order chi connectivity index (χ0) is 24.6. The Bertz CT molecular complexity index is 1480. The molecule has 4 heterocycles. The van der Waals surface area contributed by atoms with Crippen LogP contribution in [-0.2, 0) is 10.0 Å². The van der Waals surface area contributed by atoms with Gasteiger partial charge in [-0.3, -0.25) is 9.82 Å². The van der Waals surface area contributed by atoms with Crippen LogP contribution in [0, 0.1) is 6.92 Å². The highest BCUT2D eigenvalue weighted by molar-refractivity contribution is 7.92. The van der Waals surface area contributed by atoms with Crippen LogP contribution in [0.25, 0.3) is 22.4 Å². The smallest absolute Gasteiger partial charge is 0.279 e. The minimum absolute atomic E-state index is 0.130. The van der Waals surface area contributed by atoms with Gasteiger partial charge < -0.3 is 10.1 Å². The molecule has 1 aliphatic rings. The van der Waals surface area contributed by atoms with E-state index in [-0.39, 0.29) is 34.0 Å². The van der Waals surface area contributed by atoms with E-state index >= 15 is 0 Å². The number of sulfonamides is 1. The number of piperidine rings is 1. The number of fused-ring (bicyclic) bond motifs is 1. The molecule has 0 unspecified atom stereocenters. The standard InChI is InChI=1S/C22H21ClFN7O3S/c1-12-19-21(30-29-12)27-20(28-22(19)34-17-7-9-25-11-15(17)24)13-5-6-16(14(23)10-13)31-35(32,33)18-4-2-3-8-26-18/h2-6,8,10,15,17,25,31H,7,9,11H2,1H3,(H,27,28,29,30)/t15-,17+/m0/s1. The molecule has 182 valence electrons. The van der Waals surface area contributed by atoms with Crippen molar-refractivity contribution in [2.75, 3.05) is 17.8 Å². The van der Waals surface area contributed by atoms with Crippen LogP contribution in [0.5, 0.6) is 5.88 Å². The van der Waals surface area contributed by atoms with Gasteiger partial charge in [0.2, 0.25) is 5.88 Å². The van der Waals surface area contributed by atoms with Gasteiger partial charge in [0.25, 0.3) is 10.0 Å². The lowest BCUT2D eigenvalue weighted by molar-refractivity contribution is 0.0707. The molecule has 4 aromatic rings. The molecule has 3 N–H and O–H groups in total. The third kappa shape index (κ3) is 4.77. The molecule has 1 aromatic carbocycles. The monoisotopic (exact) mass is 517 g/mol. The number of nitrogens with one attached hydrogen (secondary N) is 3. The highest BCUT2D eigenvalue weighted by Gasteiger charge is 2.28. The highest BCUT2D eigenvalue weighted by Crippen LogP contribution is 2.33. The van der Waals surface area contributed by atoms with Gasteiger partial charge in [0.15, 0.2) is 16.5 Å². The minimum Gasteiger partial charge on any atom is -0.471 e. The van der Waals surface area contributed by atoms with Crippen LogP contribution in [0.1, 0.15) is 12.1 Å². The summed E-state index contributed by atoms with van der Waals surface area (Å²) < 4.78 is 48.0. The number of hydrogen-bond acceptors (Lipinski definition) is 8. The number of aromatic amines is 1. The van der Waals surface area contributed by atoms with Crippen molar-refractivity contribution in [3.8, 4) is 17.3 Å². The number of anilines is 1. The Morgan fingerprint density at radius 2 is 2.09 bits per heavy atom. The molecule has 3 aromatic heterocycles. The lowest BCUT2D eigenvalue weighted by atomic mass is 10.1. The molecule has 10 nitrogen and oxygen atoms in total. The maximum atomic E-state index is 14.4. The first-order valence-electron chi connectivity index (χ1n) is 10.8. The Morgan fingerprint density at radius 3 is 2.83 bits per heavy atom. The molecular formula is C22H21ClFN7O3S. The van der Waals surface area contributed by atoms with Crippen LogP contribution >= 0.6 is 11.6 Å². The summed E-state index contributed by atoms with van der Waals surface area (Å²) in [5.41, 5.74) is 1.74. The van der Waals surface area contributed by atoms with E-state index in [9.17, 15) is 12.8 Å². The predicted octanol–water partition coefficient (Wildman–Crippen LogP) is 3.26. The summed E-state index contributed by atoms with van der Waals surface area (Å²) in [6, 6.07) is 9.25. The van der Waals surface area contributed by atoms with E-state index in [2.05, 4.69) is 35.2 Å². The Balaban J connectivity index is 1.48. The average molecular weight is 518 g/mol. The average Bonchev–Trinajstić information content (AvgIpc) is 3.23. The molecule has 0 aliphatic carbocycles. The minimum atomic E-state index is -3.92. The predicted molar refractivity (Wildman–Crippen MR) is 129 cm³/mol. The third-order valence-electron chi connectivity index (χ3n) is 5.56. The number of ether oxygens (including phenoxy) is 1. The quantitative estimate of drug-likeness (QED) is 0.355. The van der Waals surface area contributed by atoms with Crippen molar-refractivity contribution in [2.45, 2.75) is 30.6 Å². The van der Waals surface area contributed by atoms with Crippen LogP contribution in [0.4, 0.5) is 10.1 Å². The molecule has 0 spiro atoms. The SMILES string of the molecule is Cc1n[nH]c2nc(-c3ccc(NS(=O)(=O)c4ccccn4)c(Cl)c3)nc(O[C@@H]3CCNC[C@@H]3F)c12. The maximum Gasteiger partial charge on any atom is 0.279 e. The Kier molecular flexibility index (Phi) is 6.26. The van der Waals surface area contributed by atoms with Gasteiger partial charge in [-0.05, 0) is 50.2 Å². The Hall–Kier alpha value is -3.35. The molecule has 0 bridgehead atoms. The largest absolute Gasteiger partial charge is 0.471 e. The van der Waals surface area contributed by atoms with Crippen LogP contribution in [0.3, 0.4) is 0 Å². The molecule has 2 atom stereocenters.